The van der Waals surface area contributed by atoms with Crippen molar-refractivity contribution in [2.75, 3.05) is 19.0 Å². The standard InChI is InChI=1S/C9H12ClN5O/c1-5(16-2)3-11-7-6-4-12-15-8(6)14-9(10)13-7/h4-5H,3H2,1-2H3,(H2,11,12,13,14,15). The van der Waals surface area contributed by atoms with E-state index in [1.54, 1.807) is 13.3 Å². The lowest BCUT2D eigenvalue weighted by atomic mass is 10.3. The second kappa shape index (κ2) is 4.63. The summed E-state index contributed by atoms with van der Waals surface area (Å²) in [6.45, 7) is 2.60. The van der Waals surface area contributed by atoms with Gasteiger partial charge in [0.25, 0.3) is 0 Å². The van der Waals surface area contributed by atoms with Crippen LogP contribution in [0.5, 0.6) is 0 Å². The number of aromatic nitrogens is 4. The molecular weight excluding hydrogens is 230 g/mol. The number of methoxy groups -OCH3 is 1. The maximum atomic E-state index is 5.79. The Balaban J connectivity index is 2.25. The van der Waals surface area contributed by atoms with E-state index < -0.39 is 0 Å². The topological polar surface area (TPSA) is 75.7 Å². The predicted octanol–water partition coefficient (Wildman–Crippen LogP) is 1.45. The first-order valence-corrected chi connectivity index (χ1v) is 5.21. The molecule has 2 rings (SSSR count). The lowest BCUT2D eigenvalue weighted by molar-refractivity contribution is 0.128. The molecule has 86 valence electrons. The molecule has 0 aliphatic carbocycles. The highest BCUT2D eigenvalue weighted by molar-refractivity contribution is 6.28. The Morgan fingerprint density at radius 2 is 2.38 bits per heavy atom. The molecule has 0 aromatic carbocycles. The van der Waals surface area contributed by atoms with Crippen molar-refractivity contribution in [3.8, 4) is 0 Å². The van der Waals surface area contributed by atoms with Crippen LogP contribution in [0.2, 0.25) is 5.28 Å². The zero-order valence-corrected chi connectivity index (χ0v) is 9.75. The molecule has 0 amide bonds. The fraction of sp³-hybridized carbons (Fsp3) is 0.444. The fourth-order valence-electron chi connectivity index (χ4n) is 1.27. The Labute approximate surface area is 97.4 Å². The minimum absolute atomic E-state index is 0.0932. The zero-order valence-electron chi connectivity index (χ0n) is 8.99. The molecule has 2 aromatic heterocycles. The van der Waals surface area contributed by atoms with E-state index in [-0.39, 0.29) is 11.4 Å². The van der Waals surface area contributed by atoms with Crippen molar-refractivity contribution < 1.29 is 4.74 Å². The highest BCUT2D eigenvalue weighted by Crippen LogP contribution is 2.19. The Morgan fingerprint density at radius 3 is 3.12 bits per heavy atom. The van der Waals surface area contributed by atoms with Crippen molar-refractivity contribution in [3.05, 3.63) is 11.5 Å². The van der Waals surface area contributed by atoms with Crippen LogP contribution in [0.1, 0.15) is 6.92 Å². The third-order valence-corrected chi connectivity index (χ3v) is 2.41. The molecular formula is C9H12ClN5O. The molecule has 6 nitrogen and oxygen atoms in total. The number of ether oxygens (including phenoxy) is 1. The van der Waals surface area contributed by atoms with E-state index in [4.69, 9.17) is 16.3 Å². The van der Waals surface area contributed by atoms with Crippen molar-refractivity contribution in [1.29, 1.82) is 0 Å². The van der Waals surface area contributed by atoms with Crippen molar-refractivity contribution in [2.24, 2.45) is 0 Å². The molecule has 0 radical (unpaired) electrons. The number of rotatable bonds is 4. The summed E-state index contributed by atoms with van der Waals surface area (Å²) in [6.07, 6.45) is 1.75. The van der Waals surface area contributed by atoms with Gasteiger partial charge in [-0.1, -0.05) is 0 Å². The van der Waals surface area contributed by atoms with Gasteiger partial charge in [-0.2, -0.15) is 15.1 Å². The van der Waals surface area contributed by atoms with Crippen molar-refractivity contribution in [3.63, 3.8) is 0 Å². The van der Waals surface area contributed by atoms with Crippen LogP contribution in [0.15, 0.2) is 6.20 Å². The van der Waals surface area contributed by atoms with Gasteiger partial charge in [-0.15, -0.1) is 0 Å². The number of anilines is 1. The molecule has 0 aliphatic heterocycles. The smallest absolute Gasteiger partial charge is 0.226 e. The van der Waals surface area contributed by atoms with Gasteiger partial charge in [0.2, 0.25) is 5.28 Å². The summed E-state index contributed by atoms with van der Waals surface area (Å²) in [6, 6.07) is 0. The van der Waals surface area contributed by atoms with E-state index in [9.17, 15) is 0 Å². The molecule has 16 heavy (non-hydrogen) atoms. The molecule has 1 atom stereocenters. The largest absolute Gasteiger partial charge is 0.380 e. The molecule has 7 heteroatoms. The van der Waals surface area contributed by atoms with Crippen LogP contribution in [-0.4, -0.2) is 39.9 Å². The molecule has 0 aliphatic rings. The molecule has 0 saturated carbocycles. The monoisotopic (exact) mass is 241 g/mol. The lowest BCUT2D eigenvalue weighted by Gasteiger charge is -2.11. The molecule has 2 N–H and O–H groups in total. The fourth-order valence-corrected chi connectivity index (χ4v) is 1.44. The number of fused-ring (bicyclic) bond motifs is 1. The SMILES string of the molecule is COC(C)CNc1nc(Cl)nc2[nH]ncc12. The van der Waals surface area contributed by atoms with Gasteiger partial charge < -0.3 is 10.1 Å². The highest BCUT2D eigenvalue weighted by Gasteiger charge is 2.09. The Morgan fingerprint density at radius 1 is 1.56 bits per heavy atom. The van der Waals surface area contributed by atoms with E-state index in [1.807, 2.05) is 6.92 Å². The van der Waals surface area contributed by atoms with E-state index in [0.29, 0.717) is 18.0 Å². The van der Waals surface area contributed by atoms with Crippen molar-refractivity contribution >= 4 is 28.5 Å². The van der Waals surface area contributed by atoms with E-state index in [1.165, 1.54) is 0 Å². The minimum atomic E-state index is 0.0932. The maximum absolute atomic E-state index is 5.79. The van der Waals surface area contributed by atoms with E-state index >= 15 is 0 Å². The number of H-pyrrole nitrogens is 1. The normalized spacial score (nSPS) is 12.9. The van der Waals surface area contributed by atoms with E-state index in [2.05, 4.69) is 25.5 Å². The molecule has 2 heterocycles. The first-order valence-electron chi connectivity index (χ1n) is 4.84. The van der Waals surface area contributed by atoms with Crippen LogP contribution in [0.25, 0.3) is 11.0 Å². The van der Waals surface area contributed by atoms with Gasteiger partial charge in [-0.05, 0) is 18.5 Å². The first kappa shape index (κ1) is 11.1. The summed E-state index contributed by atoms with van der Waals surface area (Å²) in [5.74, 6) is 0.660. The van der Waals surface area contributed by atoms with Crippen LogP contribution < -0.4 is 5.32 Å². The Bertz CT molecular complexity index is 486. The molecule has 2 aromatic rings. The van der Waals surface area contributed by atoms with Crippen LogP contribution in [-0.2, 0) is 4.74 Å². The number of halogens is 1. The average molecular weight is 242 g/mol. The highest BCUT2D eigenvalue weighted by atomic mass is 35.5. The molecule has 0 saturated heterocycles. The lowest BCUT2D eigenvalue weighted by Crippen LogP contribution is -2.18. The molecule has 1 unspecified atom stereocenters. The summed E-state index contributed by atoms with van der Waals surface area (Å²) in [5, 5.41) is 10.8. The number of nitrogens with zero attached hydrogens (tertiary/aromatic N) is 3. The third kappa shape index (κ3) is 2.23. The van der Waals surface area contributed by atoms with Gasteiger partial charge in [-0.25, -0.2) is 0 Å². The van der Waals surface area contributed by atoms with Crippen LogP contribution in [0.3, 0.4) is 0 Å². The predicted molar refractivity (Wildman–Crippen MR) is 61.7 cm³/mol. The average Bonchev–Trinajstić information content (AvgIpc) is 2.73. The maximum Gasteiger partial charge on any atom is 0.226 e. The molecule has 0 fully saturated rings. The first-order chi connectivity index (χ1) is 7.70. The summed E-state index contributed by atoms with van der Waals surface area (Å²) in [7, 11) is 1.66. The second-order valence-corrected chi connectivity index (χ2v) is 3.74. The summed E-state index contributed by atoms with van der Waals surface area (Å²) in [5.41, 5.74) is 0.618. The summed E-state index contributed by atoms with van der Waals surface area (Å²) in [4.78, 5) is 8.12. The number of hydrogen-bond donors (Lipinski definition) is 2. The quantitative estimate of drug-likeness (QED) is 0.793. The zero-order chi connectivity index (χ0) is 11.5. The van der Waals surface area contributed by atoms with Crippen molar-refractivity contribution in [1.82, 2.24) is 20.2 Å². The van der Waals surface area contributed by atoms with Gasteiger partial charge >= 0.3 is 0 Å². The molecule has 0 bridgehead atoms. The summed E-state index contributed by atoms with van der Waals surface area (Å²) >= 11 is 5.79. The van der Waals surface area contributed by atoms with Crippen LogP contribution >= 0.6 is 11.6 Å². The summed E-state index contributed by atoms with van der Waals surface area (Å²) < 4.78 is 5.13. The number of aromatic amines is 1. The van der Waals surface area contributed by atoms with Crippen LogP contribution in [0.4, 0.5) is 5.82 Å². The van der Waals surface area contributed by atoms with E-state index in [0.717, 1.165) is 5.39 Å². The van der Waals surface area contributed by atoms with Crippen LogP contribution in [0, 0.1) is 0 Å². The molecule has 0 spiro atoms. The van der Waals surface area contributed by atoms with Gasteiger partial charge in [0, 0.05) is 13.7 Å². The number of hydrogen-bond acceptors (Lipinski definition) is 5. The minimum Gasteiger partial charge on any atom is -0.380 e. The van der Waals surface area contributed by atoms with Gasteiger partial charge in [0.05, 0.1) is 17.7 Å². The van der Waals surface area contributed by atoms with Gasteiger partial charge in [-0.3, -0.25) is 5.10 Å². The van der Waals surface area contributed by atoms with Crippen molar-refractivity contribution in [2.45, 2.75) is 13.0 Å². The second-order valence-electron chi connectivity index (χ2n) is 3.40. The van der Waals surface area contributed by atoms with Gasteiger partial charge in [0.15, 0.2) is 5.65 Å². The Kier molecular flexibility index (Phi) is 3.21. The third-order valence-electron chi connectivity index (χ3n) is 2.24. The van der Waals surface area contributed by atoms with Gasteiger partial charge in [0.1, 0.15) is 5.82 Å². The Hall–Kier alpha value is -1.40. The number of nitrogens with one attached hydrogen (secondary N) is 2.